The van der Waals surface area contributed by atoms with Crippen LogP contribution >= 0.6 is 0 Å². The molecule has 0 heterocycles. The van der Waals surface area contributed by atoms with Crippen molar-refractivity contribution in [3.05, 3.63) is 90.6 Å². The van der Waals surface area contributed by atoms with Gasteiger partial charge in [-0.3, -0.25) is 9.69 Å². The van der Waals surface area contributed by atoms with Gasteiger partial charge >= 0.3 is 11.9 Å². The van der Waals surface area contributed by atoms with E-state index in [9.17, 15) is 14.4 Å². The Labute approximate surface area is 189 Å². The predicted molar refractivity (Wildman–Crippen MR) is 126 cm³/mol. The van der Waals surface area contributed by atoms with Gasteiger partial charge in [0.25, 0.3) is 0 Å². The number of carbonyl (C=O) groups excluding carboxylic acids is 1. The summed E-state index contributed by atoms with van der Waals surface area (Å²) in [6.07, 6.45) is 12.3. The smallest absolute Gasteiger partial charge is 0.328 e. The van der Waals surface area contributed by atoms with E-state index in [1.54, 1.807) is 24.3 Å². The van der Waals surface area contributed by atoms with Crippen LogP contribution in [0.1, 0.15) is 24.2 Å². The number of carboxylic acid groups (broad SMARTS) is 2. The van der Waals surface area contributed by atoms with E-state index in [0.717, 1.165) is 24.4 Å². The highest BCUT2D eigenvalue weighted by Crippen LogP contribution is 2.13. The second-order valence-corrected chi connectivity index (χ2v) is 6.79. The molecule has 7 heteroatoms. The van der Waals surface area contributed by atoms with E-state index in [0.29, 0.717) is 24.3 Å². The third-order valence-corrected chi connectivity index (χ3v) is 3.56. The van der Waals surface area contributed by atoms with Gasteiger partial charge in [-0.2, -0.15) is 0 Å². The fraction of sp³-hybridized carbons (Fsp3) is 0.240. The van der Waals surface area contributed by atoms with Crippen LogP contribution in [0.3, 0.4) is 0 Å². The molecular weight excluding hydrogens is 410 g/mol. The minimum atomic E-state index is -1.26. The van der Waals surface area contributed by atoms with Gasteiger partial charge in [0.05, 0.1) is 0 Å². The molecule has 0 fully saturated rings. The summed E-state index contributed by atoms with van der Waals surface area (Å²) in [5, 5.41) is 15.6. The number of rotatable bonds is 12. The lowest BCUT2D eigenvalue weighted by Gasteiger charge is -2.10. The van der Waals surface area contributed by atoms with E-state index in [1.165, 1.54) is 0 Å². The van der Waals surface area contributed by atoms with Crippen molar-refractivity contribution < 1.29 is 29.3 Å². The van der Waals surface area contributed by atoms with Crippen LogP contribution in [-0.4, -0.2) is 59.6 Å². The SMILES string of the molecule is C=CCN(C)C/C=C/COc1ccc(C(=O)/C=C/C=C(C)C)cc1.O=C(O)/C=C/C(=O)O. The molecule has 0 aliphatic heterocycles. The van der Waals surface area contributed by atoms with Crippen LogP contribution in [-0.2, 0) is 9.59 Å². The number of aliphatic carboxylic acids is 2. The van der Waals surface area contributed by atoms with Crippen LogP contribution in [0.25, 0.3) is 0 Å². The molecule has 0 bridgehead atoms. The van der Waals surface area contributed by atoms with E-state index in [1.807, 2.05) is 51.3 Å². The average molecular weight is 442 g/mol. The first-order chi connectivity index (χ1) is 15.1. The van der Waals surface area contributed by atoms with Gasteiger partial charge in [-0.1, -0.05) is 36.0 Å². The lowest BCUT2D eigenvalue weighted by molar-refractivity contribution is -0.134. The lowest BCUT2D eigenvalue weighted by Crippen LogP contribution is -2.17. The van der Waals surface area contributed by atoms with Crippen LogP contribution < -0.4 is 4.74 Å². The van der Waals surface area contributed by atoms with E-state index < -0.39 is 11.9 Å². The highest BCUT2D eigenvalue weighted by Gasteiger charge is 2.01. The highest BCUT2D eigenvalue weighted by atomic mass is 16.5. The van der Waals surface area contributed by atoms with Gasteiger partial charge < -0.3 is 14.9 Å². The Morgan fingerprint density at radius 3 is 2.06 bits per heavy atom. The first-order valence-corrected chi connectivity index (χ1v) is 9.82. The Balaban J connectivity index is 0.00000102. The van der Waals surface area contributed by atoms with Crippen LogP contribution in [0.4, 0.5) is 0 Å². The van der Waals surface area contributed by atoms with Gasteiger partial charge in [0.1, 0.15) is 12.4 Å². The molecule has 0 amide bonds. The first kappa shape index (κ1) is 28.3. The zero-order valence-corrected chi connectivity index (χ0v) is 18.7. The summed E-state index contributed by atoms with van der Waals surface area (Å²) in [5.74, 6) is -1.77. The zero-order valence-electron chi connectivity index (χ0n) is 18.7. The Kier molecular flexibility index (Phi) is 15.0. The van der Waals surface area contributed by atoms with Crippen molar-refractivity contribution in [2.45, 2.75) is 13.8 Å². The number of ether oxygens (including phenoxy) is 1. The Morgan fingerprint density at radius 2 is 1.56 bits per heavy atom. The molecule has 0 saturated carbocycles. The van der Waals surface area contributed by atoms with Crippen LogP contribution in [0.2, 0.25) is 0 Å². The fourth-order valence-corrected chi connectivity index (χ4v) is 2.04. The standard InChI is InChI=1S/C21H27NO2.C4H4O4/c1-5-15-22(4)16-6-7-17-24-20-13-11-19(12-14-20)21(23)10-8-9-18(2)3;5-3(6)1-2-4(7)8/h5-14H,1,15-17H2,2-4H3;1-2H,(H,5,6)(H,7,8)/b7-6+,10-8+;2-1+. The van der Waals surface area contributed by atoms with Gasteiger partial charge in [-0.05, 0) is 51.2 Å². The van der Waals surface area contributed by atoms with Crippen molar-refractivity contribution in [3.63, 3.8) is 0 Å². The van der Waals surface area contributed by atoms with Crippen LogP contribution in [0, 0.1) is 0 Å². The first-order valence-electron chi connectivity index (χ1n) is 9.82. The third-order valence-electron chi connectivity index (χ3n) is 3.56. The highest BCUT2D eigenvalue weighted by molar-refractivity contribution is 6.04. The Hall–Kier alpha value is -3.71. The van der Waals surface area contributed by atoms with E-state index in [4.69, 9.17) is 14.9 Å². The minimum absolute atomic E-state index is 0.01000. The maximum absolute atomic E-state index is 12.0. The molecule has 0 aliphatic rings. The monoisotopic (exact) mass is 441 g/mol. The van der Waals surface area contributed by atoms with Crippen molar-refractivity contribution in [2.75, 3.05) is 26.7 Å². The molecule has 0 aliphatic carbocycles. The summed E-state index contributed by atoms with van der Waals surface area (Å²) in [4.78, 5) is 33.2. The van der Waals surface area contributed by atoms with E-state index in [-0.39, 0.29) is 5.78 Å². The Morgan fingerprint density at radius 1 is 0.969 bits per heavy atom. The topological polar surface area (TPSA) is 104 Å². The predicted octanol–water partition coefficient (Wildman–Crippen LogP) is 4.16. The number of hydrogen-bond donors (Lipinski definition) is 2. The summed E-state index contributed by atoms with van der Waals surface area (Å²) < 4.78 is 5.63. The number of benzene rings is 1. The van der Waals surface area contributed by atoms with Gasteiger partial charge in [0, 0.05) is 30.8 Å². The Bertz CT molecular complexity index is 843. The molecule has 0 saturated heterocycles. The molecular formula is C25H31NO6. The molecule has 172 valence electrons. The normalized spacial score (nSPS) is 10.8. The van der Waals surface area contributed by atoms with Gasteiger partial charge in [-0.25, -0.2) is 9.59 Å². The molecule has 0 unspecified atom stereocenters. The summed E-state index contributed by atoms with van der Waals surface area (Å²) in [7, 11) is 2.04. The molecule has 1 aromatic carbocycles. The summed E-state index contributed by atoms with van der Waals surface area (Å²) >= 11 is 0. The van der Waals surface area contributed by atoms with Gasteiger partial charge in [0.2, 0.25) is 0 Å². The maximum Gasteiger partial charge on any atom is 0.328 e. The van der Waals surface area contributed by atoms with Gasteiger partial charge in [0.15, 0.2) is 5.78 Å². The molecule has 32 heavy (non-hydrogen) atoms. The van der Waals surface area contributed by atoms with Crippen molar-refractivity contribution in [1.29, 1.82) is 0 Å². The minimum Gasteiger partial charge on any atom is -0.490 e. The zero-order chi connectivity index (χ0) is 24.4. The summed E-state index contributed by atoms with van der Waals surface area (Å²) in [5.41, 5.74) is 1.81. The van der Waals surface area contributed by atoms with Crippen LogP contribution in [0.15, 0.2) is 85.0 Å². The third kappa shape index (κ3) is 16.1. The maximum atomic E-state index is 12.0. The number of carbonyl (C=O) groups is 3. The fourth-order valence-electron chi connectivity index (χ4n) is 2.04. The van der Waals surface area contributed by atoms with Crippen molar-refractivity contribution in [3.8, 4) is 5.75 Å². The largest absolute Gasteiger partial charge is 0.490 e. The number of allylic oxidation sites excluding steroid dienone is 4. The molecule has 1 rings (SSSR count). The van der Waals surface area contributed by atoms with Crippen molar-refractivity contribution in [1.82, 2.24) is 4.90 Å². The molecule has 0 radical (unpaired) electrons. The number of nitrogens with zero attached hydrogens (tertiary/aromatic N) is 1. The quantitative estimate of drug-likeness (QED) is 0.217. The molecule has 0 spiro atoms. The van der Waals surface area contributed by atoms with E-state index in [2.05, 4.69) is 17.6 Å². The van der Waals surface area contributed by atoms with Gasteiger partial charge in [-0.15, -0.1) is 6.58 Å². The number of likely N-dealkylation sites (N-methyl/N-ethyl adjacent to an activating group) is 1. The second kappa shape index (κ2) is 17.0. The number of hydrogen-bond acceptors (Lipinski definition) is 5. The summed E-state index contributed by atoms with van der Waals surface area (Å²) in [6.45, 7) is 9.93. The second-order valence-electron chi connectivity index (χ2n) is 6.79. The number of carboxylic acids is 2. The molecule has 7 nitrogen and oxygen atoms in total. The molecule has 1 aromatic rings. The number of ketones is 1. The van der Waals surface area contributed by atoms with Crippen LogP contribution in [0.5, 0.6) is 5.75 Å². The summed E-state index contributed by atoms with van der Waals surface area (Å²) in [6, 6.07) is 7.21. The molecule has 0 atom stereocenters. The van der Waals surface area contributed by atoms with Crippen molar-refractivity contribution >= 4 is 17.7 Å². The van der Waals surface area contributed by atoms with Crippen molar-refractivity contribution in [2.24, 2.45) is 0 Å². The lowest BCUT2D eigenvalue weighted by atomic mass is 10.1. The molecule has 0 aromatic heterocycles. The molecule has 2 N–H and O–H groups in total. The average Bonchev–Trinajstić information content (AvgIpc) is 2.73. The van der Waals surface area contributed by atoms with E-state index >= 15 is 0 Å².